The molecule has 0 aliphatic carbocycles. The summed E-state index contributed by atoms with van der Waals surface area (Å²) in [6, 6.07) is -1.14. The van der Waals surface area contributed by atoms with Crippen LogP contribution in [0.1, 0.15) is 77.6 Å². The van der Waals surface area contributed by atoms with Gasteiger partial charge in [-0.25, -0.2) is 0 Å². The van der Waals surface area contributed by atoms with Crippen molar-refractivity contribution < 1.29 is 44.4 Å². The van der Waals surface area contributed by atoms with Crippen LogP contribution in [0.25, 0.3) is 0 Å². The molecule has 0 aromatic carbocycles. The second kappa shape index (κ2) is 25.3. The number of nitrogens with one attached hydrogen (secondary N) is 2. The quantitative estimate of drug-likeness (QED) is 0.0503. The van der Waals surface area contributed by atoms with Crippen molar-refractivity contribution >= 4 is 41.5 Å². The average molecular weight is 611 g/mol. The van der Waals surface area contributed by atoms with Gasteiger partial charge in [0.25, 0.3) is 0 Å². The minimum atomic E-state index is -1.26. The minimum Gasteiger partial charge on any atom is -0.481 e. The lowest BCUT2D eigenvalue weighted by molar-refractivity contribution is -0.138. The van der Waals surface area contributed by atoms with Gasteiger partial charge in [-0.15, -0.1) is 11.8 Å². The summed E-state index contributed by atoms with van der Waals surface area (Å²) in [4.78, 5) is 57.4. The Balaban J connectivity index is 5.31. The number of allylic oxidation sites excluding steroid dienone is 7. The van der Waals surface area contributed by atoms with E-state index in [0.717, 1.165) is 24.6 Å². The molecule has 3 atom stereocenters. The number of carboxylic acids is 3. The van der Waals surface area contributed by atoms with E-state index in [9.17, 15) is 29.1 Å². The van der Waals surface area contributed by atoms with Gasteiger partial charge in [0.1, 0.15) is 12.6 Å². The van der Waals surface area contributed by atoms with Crippen LogP contribution in [-0.4, -0.2) is 79.8 Å². The van der Waals surface area contributed by atoms with Crippen molar-refractivity contribution in [1.82, 2.24) is 10.6 Å². The molecule has 0 unspecified atom stereocenters. The Hall–Kier alpha value is -3.38. The number of carbonyl (C=O) groups excluding carboxylic acids is 2. The lowest BCUT2D eigenvalue weighted by Crippen LogP contribution is -2.49. The molecule has 236 valence electrons. The van der Waals surface area contributed by atoms with Gasteiger partial charge in [0.2, 0.25) is 11.8 Å². The maximum atomic E-state index is 12.6. The van der Waals surface area contributed by atoms with Crippen LogP contribution < -0.4 is 10.6 Å². The highest BCUT2D eigenvalue weighted by Crippen LogP contribution is 2.22. The third kappa shape index (κ3) is 23.3. The fourth-order valence-electron chi connectivity index (χ4n) is 3.53. The molecule has 0 bridgehead atoms. The SMILES string of the molecule is CCCCC/C=C\C\C=C/C=C/C=C/[C@@H](SC[C@H](NC(=O)CCCC(=O)O)C(=O)NCC(=O)O)[C@@H](O)CCCC(=O)O. The van der Waals surface area contributed by atoms with E-state index in [2.05, 4.69) is 29.7 Å². The van der Waals surface area contributed by atoms with E-state index in [1.54, 1.807) is 18.2 Å². The molecular formula is C30H46N2O9S. The molecule has 6 N–H and O–H groups in total. The Bertz CT molecular complexity index is 947. The zero-order valence-corrected chi connectivity index (χ0v) is 25.1. The highest BCUT2D eigenvalue weighted by atomic mass is 32.2. The fraction of sp³-hybridized carbons (Fsp3) is 0.567. The molecule has 0 fully saturated rings. The second-order valence-electron chi connectivity index (χ2n) is 9.53. The van der Waals surface area contributed by atoms with E-state index in [1.807, 2.05) is 18.2 Å². The average Bonchev–Trinajstić information content (AvgIpc) is 2.92. The summed E-state index contributed by atoms with van der Waals surface area (Å²) in [6.45, 7) is 1.52. The third-order valence-corrected chi connectivity index (χ3v) is 7.15. The molecule has 0 saturated carbocycles. The maximum absolute atomic E-state index is 12.6. The molecule has 0 heterocycles. The van der Waals surface area contributed by atoms with Crippen LogP contribution in [0.4, 0.5) is 0 Å². The number of carbonyl (C=O) groups is 5. The first-order valence-corrected chi connectivity index (χ1v) is 15.3. The van der Waals surface area contributed by atoms with Crippen LogP contribution in [0.2, 0.25) is 0 Å². The van der Waals surface area contributed by atoms with E-state index < -0.39 is 53.7 Å². The summed E-state index contributed by atoms with van der Waals surface area (Å²) in [5.41, 5.74) is 0. The Kier molecular flexibility index (Phi) is 23.3. The Morgan fingerprint density at radius 1 is 0.786 bits per heavy atom. The fourth-order valence-corrected chi connectivity index (χ4v) is 4.74. The molecule has 42 heavy (non-hydrogen) atoms. The van der Waals surface area contributed by atoms with Crippen molar-refractivity contribution in [3.8, 4) is 0 Å². The number of aliphatic hydroxyl groups excluding tert-OH is 1. The Morgan fingerprint density at radius 3 is 2.14 bits per heavy atom. The van der Waals surface area contributed by atoms with Crippen molar-refractivity contribution in [2.45, 2.75) is 94.9 Å². The highest BCUT2D eigenvalue weighted by molar-refractivity contribution is 8.00. The summed E-state index contributed by atoms with van der Waals surface area (Å²) >= 11 is 1.15. The van der Waals surface area contributed by atoms with E-state index in [-0.39, 0.29) is 44.3 Å². The summed E-state index contributed by atoms with van der Waals surface area (Å²) < 4.78 is 0. The third-order valence-electron chi connectivity index (χ3n) is 5.77. The molecule has 0 spiro atoms. The van der Waals surface area contributed by atoms with Crippen LogP contribution in [-0.2, 0) is 24.0 Å². The lowest BCUT2D eigenvalue weighted by atomic mass is 10.1. The molecule has 11 nitrogen and oxygen atoms in total. The number of carboxylic acid groups (broad SMARTS) is 3. The molecule has 12 heteroatoms. The van der Waals surface area contributed by atoms with E-state index in [0.29, 0.717) is 0 Å². The zero-order valence-electron chi connectivity index (χ0n) is 24.3. The number of aliphatic hydroxyl groups is 1. The zero-order chi connectivity index (χ0) is 31.6. The number of amides is 2. The smallest absolute Gasteiger partial charge is 0.322 e. The van der Waals surface area contributed by atoms with Crippen molar-refractivity contribution in [2.75, 3.05) is 12.3 Å². The van der Waals surface area contributed by atoms with Crippen molar-refractivity contribution in [1.29, 1.82) is 0 Å². The molecule has 0 aliphatic rings. The molecule has 0 aliphatic heterocycles. The topological polar surface area (TPSA) is 190 Å². The monoisotopic (exact) mass is 610 g/mol. The normalized spacial score (nSPS) is 14.0. The standard InChI is InChI=1S/C30H46N2O9S/c1-2-3-4-5-6-7-8-9-10-11-12-13-17-25(24(33)16-14-19-27(35)36)42-22-23(30(41)31-21-29(39)40)32-26(34)18-15-20-28(37)38/h6-7,9-13,17,23-25,33H,2-5,8,14-16,18-22H2,1H3,(H,31,41)(H,32,34)(H,35,36)(H,37,38)(H,39,40)/b7-6-,10-9-,12-11+,17-13+/t23-,24-,25+/m0/s1. The van der Waals surface area contributed by atoms with Gasteiger partial charge < -0.3 is 31.1 Å². The predicted octanol–water partition coefficient (Wildman–Crippen LogP) is 3.84. The predicted molar refractivity (Wildman–Crippen MR) is 163 cm³/mol. The maximum Gasteiger partial charge on any atom is 0.322 e. The number of rotatable bonds is 25. The van der Waals surface area contributed by atoms with Gasteiger partial charge in [0.15, 0.2) is 0 Å². The van der Waals surface area contributed by atoms with Crippen molar-refractivity contribution in [2.24, 2.45) is 0 Å². The Morgan fingerprint density at radius 2 is 1.48 bits per heavy atom. The summed E-state index contributed by atoms with van der Waals surface area (Å²) in [5.74, 6) is -4.61. The van der Waals surface area contributed by atoms with E-state index in [1.165, 1.54) is 19.3 Å². The van der Waals surface area contributed by atoms with Gasteiger partial charge in [-0.05, 0) is 38.5 Å². The van der Waals surface area contributed by atoms with Gasteiger partial charge >= 0.3 is 17.9 Å². The first-order chi connectivity index (χ1) is 20.1. The van der Waals surface area contributed by atoms with Crippen molar-refractivity contribution in [3.63, 3.8) is 0 Å². The lowest BCUT2D eigenvalue weighted by Gasteiger charge is -2.23. The largest absolute Gasteiger partial charge is 0.481 e. The van der Waals surface area contributed by atoms with Gasteiger partial charge in [0, 0.05) is 30.3 Å². The van der Waals surface area contributed by atoms with Gasteiger partial charge in [-0.2, -0.15) is 0 Å². The molecule has 0 saturated heterocycles. The number of hydrogen-bond acceptors (Lipinski definition) is 7. The molecule has 0 aromatic heterocycles. The first-order valence-electron chi connectivity index (χ1n) is 14.2. The molecule has 0 rings (SSSR count). The van der Waals surface area contributed by atoms with Crippen LogP contribution in [0, 0.1) is 0 Å². The number of thioether (sulfide) groups is 1. The Labute approximate surface area is 252 Å². The van der Waals surface area contributed by atoms with Crippen LogP contribution in [0.15, 0.2) is 48.6 Å². The van der Waals surface area contributed by atoms with E-state index >= 15 is 0 Å². The number of aliphatic carboxylic acids is 3. The van der Waals surface area contributed by atoms with Crippen LogP contribution in [0.5, 0.6) is 0 Å². The van der Waals surface area contributed by atoms with Crippen molar-refractivity contribution in [3.05, 3.63) is 48.6 Å². The van der Waals surface area contributed by atoms with Crippen LogP contribution in [0.3, 0.4) is 0 Å². The highest BCUT2D eigenvalue weighted by Gasteiger charge is 2.25. The first kappa shape index (κ1) is 38.6. The second-order valence-corrected chi connectivity index (χ2v) is 10.7. The van der Waals surface area contributed by atoms with Gasteiger partial charge in [-0.3, -0.25) is 24.0 Å². The minimum absolute atomic E-state index is 0.0185. The number of unbranched alkanes of at least 4 members (excludes halogenated alkanes) is 3. The molecule has 2 amide bonds. The van der Waals surface area contributed by atoms with Gasteiger partial charge in [0.05, 0.1) is 6.10 Å². The molecule has 0 aromatic rings. The molecular weight excluding hydrogens is 564 g/mol. The summed E-state index contributed by atoms with van der Waals surface area (Å²) in [7, 11) is 0. The van der Waals surface area contributed by atoms with Gasteiger partial charge in [-0.1, -0.05) is 68.4 Å². The summed E-state index contributed by atoms with van der Waals surface area (Å²) in [5, 5.41) is 41.5. The van der Waals surface area contributed by atoms with E-state index in [4.69, 9.17) is 15.3 Å². The summed E-state index contributed by atoms with van der Waals surface area (Å²) in [6.07, 6.45) is 19.9. The van der Waals surface area contributed by atoms with Crippen LogP contribution >= 0.6 is 11.8 Å². The molecule has 0 radical (unpaired) electrons. The number of hydrogen-bond donors (Lipinski definition) is 6.